The van der Waals surface area contributed by atoms with E-state index >= 15 is 0 Å². The van der Waals surface area contributed by atoms with Crippen molar-refractivity contribution in [2.45, 2.75) is 58.4 Å². The molecule has 0 bridgehead atoms. The summed E-state index contributed by atoms with van der Waals surface area (Å²) < 4.78 is 16.5. The maximum atomic E-state index is 14.4. The number of aryl methyl sites for hydroxylation is 2. The minimum absolute atomic E-state index is 0.0155. The fraction of sp³-hybridized carbons (Fsp3) is 0.360. The number of nitrogens with zero attached hydrogens (tertiary/aromatic N) is 3. The highest BCUT2D eigenvalue weighted by molar-refractivity contribution is 6.00. The molecule has 0 atom stereocenters. The number of ketones is 1. The molecule has 4 rings (SSSR count). The van der Waals surface area contributed by atoms with Gasteiger partial charge in [0.2, 0.25) is 5.91 Å². The van der Waals surface area contributed by atoms with Crippen LogP contribution in [0.25, 0.3) is 11.4 Å². The summed E-state index contributed by atoms with van der Waals surface area (Å²) in [6.45, 7) is 2.88. The predicted molar refractivity (Wildman–Crippen MR) is 121 cm³/mol. The van der Waals surface area contributed by atoms with E-state index in [-0.39, 0.29) is 24.3 Å². The maximum Gasteiger partial charge on any atom is 0.224 e. The number of amides is 1. The van der Waals surface area contributed by atoms with Gasteiger partial charge in [0, 0.05) is 36.9 Å². The molecule has 1 aliphatic rings. The summed E-state index contributed by atoms with van der Waals surface area (Å²) in [6, 6.07) is 12.0. The Morgan fingerprint density at radius 2 is 1.84 bits per heavy atom. The van der Waals surface area contributed by atoms with Crippen LogP contribution in [0, 0.1) is 5.82 Å². The SMILES string of the molecule is CCc1ccc(C(=O)CCC(=O)Nc2cc(-c3nnc4n3CCCCC4)ccc2F)cc1. The van der Waals surface area contributed by atoms with Crippen molar-refractivity contribution in [2.24, 2.45) is 0 Å². The van der Waals surface area contributed by atoms with E-state index in [2.05, 4.69) is 27.0 Å². The average Bonchev–Trinajstić information content (AvgIpc) is 3.07. The largest absolute Gasteiger partial charge is 0.324 e. The summed E-state index contributed by atoms with van der Waals surface area (Å²) in [4.78, 5) is 24.8. The highest BCUT2D eigenvalue weighted by Gasteiger charge is 2.18. The Morgan fingerprint density at radius 3 is 2.62 bits per heavy atom. The number of anilines is 1. The maximum absolute atomic E-state index is 14.4. The second-order valence-corrected chi connectivity index (χ2v) is 8.12. The summed E-state index contributed by atoms with van der Waals surface area (Å²) in [7, 11) is 0. The summed E-state index contributed by atoms with van der Waals surface area (Å²) in [6.07, 6.45) is 5.12. The lowest BCUT2D eigenvalue weighted by atomic mass is 10.0. The third kappa shape index (κ3) is 4.93. The molecule has 7 heteroatoms. The van der Waals surface area contributed by atoms with Gasteiger partial charge in [-0.05, 0) is 43.0 Å². The number of fused-ring (bicyclic) bond motifs is 1. The van der Waals surface area contributed by atoms with Gasteiger partial charge in [-0.1, -0.05) is 37.6 Å². The van der Waals surface area contributed by atoms with E-state index in [1.165, 1.54) is 6.07 Å². The molecular formula is C25H27FN4O2. The van der Waals surface area contributed by atoms with Crippen molar-refractivity contribution in [1.29, 1.82) is 0 Å². The number of rotatable bonds is 7. The number of carbonyl (C=O) groups is 2. The molecule has 0 spiro atoms. The lowest BCUT2D eigenvalue weighted by Crippen LogP contribution is -2.14. The van der Waals surface area contributed by atoms with E-state index in [0.29, 0.717) is 17.0 Å². The fourth-order valence-electron chi connectivity index (χ4n) is 3.97. The normalized spacial score (nSPS) is 13.3. The summed E-state index contributed by atoms with van der Waals surface area (Å²) in [5.41, 5.74) is 2.52. The molecule has 0 unspecified atom stereocenters. The Balaban J connectivity index is 1.42. The average molecular weight is 435 g/mol. The Hall–Kier alpha value is -3.35. The van der Waals surface area contributed by atoms with Gasteiger partial charge in [-0.3, -0.25) is 9.59 Å². The van der Waals surface area contributed by atoms with Crippen LogP contribution in [0.3, 0.4) is 0 Å². The molecule has 166 valence electrons. The molecule has 1 amide bonds. The van der Waals surface area contributed by atoms with Crippen LogP contribution in [0.1, 0.15) is 60.8 Å². The van der Waals surface area contributed by atoms with Crippen molar-refractivity contribution in [3.05, 3.63) is 65.2 Å². The van der Waals surface area contributed by atoms with Crippen molar-refractivity contribution in [2.75, 3.05) is 5.32 Å². The molecule has 0 aliphatic carbocycles. The molecule has 0 saturated heterocycles. The van der Waals surface area contributed by atoms with Crippen molar-refractivity contribution >= 4 is 17.4 Å². The lowest BCUT2D eigenvalue weighted by Gasteiger charge is -2.10. The summed E-state index contributed by atoms with van der Waals surface area (Å²) in [5, 5.41) is 11.2. The molecule has 0 radical (unpaired) electrons. The van der Waals surface area contributed by atoms with Gasteiger partial charge in [-0.2, -0.15) is 0 Å². The quantitative estimate of drug-likeness (QED) is 0.533. The Kier molecular flexibility index (Phi) is 6.73. The first-order valence-electron chi connectivity index (χ1n) is 11.2. The zero-order chi connectivity index (χ0) is 22.5. The van der Waals surface area contributed by atoms with E-state index in [4.69, 9.17) is 0 Å². The number of hydrogen-bond donors (Lipinski definition) is 1. The first-order chi connectivity index (χ1) is 15.5. The minimum atomic E-state index is -0.529. The van der Waals surface area contributed by atoms with Crippen LogP contribution >= 0.6 is 0 Å². The third-order valence-electron chi connectivity index (χ3n) is 5.87. The molecule has 1 aliphatic heterocycles. The zero-order valence-electron chi connectivity index (χ0n) is 18.2. The molecule has 32 heavy (non-hydrogen) atoms. The van der Waals surface area contributed by atoms with E-state index in [1.807, 2.05) is 12.1 Å². The third-order valence-corrected chi connectivity index (χ3v) is 5.87. The van der Waals surface area contributed by atoms with Gasteiger partial charge >= 0.3 is 0 Å². The van der Waals surface area contributed by atoms with E-state index < -0.39 is 11.7 Å². The predicted octanol–water partition coefficient (Wildman–Crippen LogP) is 4.97. The number of carbonyl (C=O) groups excluding carboxylic acids is 2. The Morgan fingerprint density at radius 1 is 1.03 bits per heavy atom. The fourth-order valence-corrected chi connectivity index (χ4v) is 3.97. The molecule has 3 aromatic rings. The van der Waals surface area contributed by atoms with Crippen molar-refractivity contribution in [1.82, 2.24) is 14.8 Å². The number of hydrogen-bond acceptors (Lipinski definition) is 4. The van der Waals surface area contributed by atoms with Gasteiger partial charge in [0.15, 0.2) is 11.6 Å². The van der Waals surface area contributed by atoms with Crippen LogP contribution < -0.4 is 5.32 Å². The Bertz CT molecular complexity index is 1120. The monoisotopic (exact) mass is 434 g/mol. The smallest absolute Gasteiger partial charge is 0.224 e. The van der Waals surface area contributed by atoms with Crippen LogP contribution in [0.2, 0.25) is 0 Å². The van der Waals surface area contributed by atoms with Crippen LogP contribution in [-0.4, -0.2) is 26.5 Å². The van der Waals surface area contributed by atoms with Crippen molar-refractivity contribution in [3.8, 4) is 11.4 Å². The van der Waals surface area contributed by atoms with E-state index in [9.17, 15) is 14.0 Å². The Labute approximate surface area is 186 Å². The van der Waals surface area contributed by atoms with Crippen LogP contribution in [0.15, 0.2) is 42.5 Å². The van der Waals surface area contributed by atoms with Crippen LogP contribution in [-0.2, 0) is 24.2 Å². The topological polar surface area (TPSA) is 76.9 Å². The minimum Gasteiger partial charge on any atom is -0.324 e. The molecule has 6 nitrogen and oxygen atoms in total. The first-order valence-corrected chi connectivity index (χ1v) is 11.2. The van der Waals surface area contributed by atoms with Crippen LogP contribution in [0.5, 0.6) is 0 Å². The van der Waals surface area contributed by atoms with Gasteiger partial charge in [0.1, 0.15) is 11.6 Å². The van der Waals surface area contributed by atoms with E-state index in [1.54, 1.807) is 24.3 Å². The van der Waals surface area contributed by atoms with Gasteiger partial charge < -0.3 is 9.88 Å². The van der Waals surface area contributed by atoms with E-state index in [0.717, 1.165) is 50.0 Å². The molecule has 2 heterocycles. The number of aromatic nitrogens is 3. The van der Waals surface area contributed by atoms with Crippen molar-refractivity contribution < 1.29 is 14.0 Å². The molecule has 1 aromatic heterocycles. The molecule has 1 N–H and O–H groups in total. The zero-order valence-corrected chi connectivity index (χ0v) is 18.2. The second-order valence-electron chi connectivity index (χ2n) is 8.12. The van der Waals surface area contributed by atoms with Gasteiger partial charge in [-0.25, -0.2) is 4.39 Å². The first kappa shape index (κ1) is 21.9. The number of halogens is 1. The van der Waals surface area contributed by atoms with Gasteiger partial charge in [0.05, 0.1) is 5.69 Å². The molecule has 2 aromatic carbocycles. The molecular weight excluding hydrogens is 407 g/mol. The molecule has 0 saturated carbocycles. The summed E-state index contributed by atoms with van der Waals surface area (Å²) in [5.74, 6) is 0.586. The van der Waals surface area contributed by atoms with Crippen LogP contribution in [0.4, 0.5) is 10.1 Å². The van der Waals surface area contributed by atoms with Gasteiger partial charge in [-0.15, -0.1) is 10.2 Å². The van der Waals surface area contributed by atoms with Gasteiger partial charge in [0.25, 0.3) is 0 Å². The number of Topliss-reactive ketones (excluding diaryl/α,β-unsaturated/α-hetero) is 1. The number of benzene rings is 2. The second kappa shape index (κ2) is 9.85. The number of nitrogens with one attached hydrogen (secondary N) is 1. The van der Waals surface area contributed by atoms with Crippen molar-refractivity contribution in [3.63, 3.8) is 0 Å². The lowest BCUT2D eigenvalue weighted by molar-refractivity contribution is -0.116. The highest BCUT2D eigenvalue weighted by Crippen LogP contribution is 2.26. The highest BCUT2D eigenvalue weighted by atomic mass is 19.1. The molecule has 0 fully saturated rings. The summed E-state index contributed by atoms with van der Waals surface area (Å²) >= 11 is 0. The standard InChI is InChI=1S/C25H27FN4O2/c1-2-17-7-9-18(10-8-17)22(31)13-14-24(32)27-21-16-19(11-12-20(21)26)25-29-28-23-6-4-3-5-15-30(23)25/h7-12,16H,2-6,13-15H2,1H3,(H,27,32).